The number of halogens is 1. The number of benzene rings is 1. The zero-order valence-electron chi connectivity index (χ0n) is 9.18. The SMILES string of the molecule is Clc1ccc2nnc3c4cccnc4[nH]c3c2c1. The summed E-state index contributed by atoms with van der Waals surface area (Å²) in [5.41, 5.74) is 3.39. The second-order valence-electron chi connectivity index (χ2n) is 4.11. The number of rotatable bonds is 0. The van der Waals surface area contributed by atoms with E-state index in [1.165, 1.54) is 0 Å². The van der Waals surface area contributed by atoms with Crippen molar-refractivity contribution in [1.82, 2.24) is 20.2 Å². The van der Waals surface area contributed by atoms with Crippen molar-refractivity contribution in [2.75, 3.05) is 0 Å². The molecule has 18 heavy (non-hydrogen) atoms. The van der Waals surface area contributed by atoms with Crippen LogP contribution in [-0.2, 0) is 0 Å². The van der Waals surface area contributed by atoms with Gasteiger partial charge in [0.2, 0.25) is 0 Å². The third-order valence-corrected chi connectivity index (χ3v) is 3.26. The molecule has 0 fully saturated rings. The maximum Gasteiger partial charge on any atom is 0.140 e. The Balaban J connectivity index is 2.31. The van der Waals surface area contributed by atoms with E-state index < -0.39 is 0 Å². The lowest BCUT2D eigenvalue weighted by molar-refractivity contribution is 1.13. The summed E-state index contributed by atoms with van der Waals surface area (Å²) in [6, 6.07) is 9.43. The Hall–Kier alpha value is -2.20. The van der Waals surface area contributed by atoms with Crippen molar-refractivity contribution in [3.05, 3.63) is 41.6 Å². The van der Waals surface area contributed by atoms with Crippen LogP contribution in [0.5, 0.6) is 0 Å². The molecule has 0 aliphatic heterocycles. The van der Waals surface area contributed by atoms with Gasteiger partial charge in [-0.05, 0) is 30.3 Å². The van der Waals surface area contributed by atoms with E-state index in [2.05, 4.69) is 20.2 Å². The molecule has 0 spiro atoms. The number of H-pyrrole nitrogens is 1. The van der Waals surface area contributed by atoms with Gasteiger partial charge in [0, 0.05) is 22.0 Å². The summed E-state index contributed by atoms with van der Waals surface area (Å²) in [4.78, 5) is 7.57. The number of pyridine rings is 1. The Kier molecular flexibility index (Phi) is 1.85. The monoisotopic (exact) mass is 254 g/mol. The summed E-state index contributed by atoms with van der Waals surface area (Å²) in [5, 5.41) is 11.1. The van der Waals surface area contributed by atoms with E-state index in [1.807, 2.05) is 30.3 Å². The normalized spacial score (nSPS) is 11.6. The second kappa shape index (κ2) is 3.40. The van der Waals surface area contributed by atoms with Gasteiger partial charge < -0.3 is 4.98 Å². The summed E-state index contributed by atoms with van der Waals surface area (Å²) in [5.74, 6) is 0. The van der Waals surface area contributed by atoms with Gasteiger partial charge in [0.05, 0.1) is 11.0 Å². The Labute approximate surface area is 107 Å². The first-order chi connectivity index (χ1) is 8.83. The number of fused-ring (bicyclic) bond motifs is 5. The minimum atomic E-state index is 0.684. The molecule has 0 saturated heterocycles. The Morgan fingerprint density at radius 1 is 1.06 bits per heavy atom. The van der Waals surface area contributed by atoms with Gasteiger partial charge in [-0.2, -0.15) is 0 Å². The van der Waals surface area contributed by atoms with E-state index in [0.29, 0.717) is 5.02 Å². The lowest BCUT2D eigenvalue weighted by atomic mass is 10.2. The van der Waals surface area contributed by atoms with Crippen molar-refractivity contribution in [2.24, 2.45) is 0 Å². The number of nitrogens with one attached hydrogen (secondary N) is 1. The number of aromatic amines is 1. The maximum absolute atomic E-state index is 6.04. The smallest absolute Gasteiger partial charge is 0.140 e. The highest BCUT2D eigenvalue weighted by Crippen LogP contribution is 2.28. The molecule has 1 aromatic carbocycles. The predicted molar refractivity (Wildman–Crippen MR) is 71.7 cm³/mol. The highest BCUT2D eigenvalue weighted by Gasteiger charge is 2.10. The van der Waals surface area contributed by atoms with Gasteiger partial charge in [0.25, 0.3) is 0 Å². The second-order valence-corrected chi connectivity index (χ2v) is 4.55. The highest BCUT2D eigenvalue weighted by molar-refractivity contribution is 6.31. The number of hydrogen-bond acceptors (Lipinski definition) is 3. The van der Waals surface area contributed by atoms with E-state index in [0.717, 1.165) is 33.0 Å². The summed E-state index contributed by atoms with van der Waals surface area (Å²) in [6.45, 7) is 0. The highest BCUT2D eigenvalue weighted by atomic mass is 35.5. The van der Waals surface area contributed by atoms with Crippen LogP contribution in [0.3, 0.4) is 0 Å². The molecule has 86 valence electrons. The molecule has 0 atom stereocenters. The van der Waals surface area contributed by atoms with Crippen LogP contribution in [0.1, 0.15) is 0 Å². The molecule has 0 aliphatic carbocycles. The van der Waals surface area contributed by atoms with Gasteiger partial charge in [-0.15, -0.1) is 10.2 Å². The molecule has 4 aromatic rings. The molecular weight excluding hydrogens is 248 g/mol. The average molecular weight is 255 g/mol. The molecule has 3 aromatic heterocycles. The number of aromatic nitrogens is 4. The molecule has 4 rings (SSSR count). The first-order valence-corrected chi connectivity index (χ1v) is 5.89. The minimum absolute atomic E-state index is 0.684. The molecule has 5 heteroatoms. The standard InChI is InChI=1S/C13H7ClN4/c14-7-3-4-10-9(6-7)11-12(18-17-10)8-2-1-5-15-13(8)16-11/h1-6H,(H,15,16). The van der Waals surface area contributed by atoms with Crippen molar-refractivity contribution in [3.8, 4) is 0 Å². The fourth-order valence-corrected chi connectivity index (χ4v) is 2.38. The van der Waals surface area contributed by atoms with E-state index >= 15 is 0 Å². The van der Waals surface area contributed by atoms with Gasteiger partial charge in [0.1, 0.15) is 11.2 Å². The first-order valence-electron chi connectivity index (χ1n) is 5.51. The Morgan fingerprint density at radius 2 is 2.00 bits per heavy atom. The molecule has 0 aliphatic rings. The summed E-state index contributed by atoms with van der Waals surface area (Å²) in [7, 11) is 0. The van der Waals surface area contributed by atoms with Crippen molar-refractivity contribution < 1.29 is 0 Å². The van der Waals surface area contributed by atoms with E-state index in [4.69, 9.17) is 11.6 Å². The zero-order valence-corrected chi connectivity index (χ0v) is 9.94. The fourth-order valence-electron chi connectivity index (χ4n) is 2.21. The van der Waals surface area contributed by atoms with Gasteiger partial charge in [0.15, 0.2) is 0 Å². The van der Waals surface area contributed by atoms with Gasteiger partial charge in [-0.25, -0.2) is 4.98 Å². The van der Waals surface area contributed by atoms with Crippen LogP contribution < -0.4 is 0 Å². The predicted octanol–water partition coefficient (Wildman–Crippen LogP) is 3.31. The summed E-state index contributed by atoms with van der Waals surface area (Å²) >= 11 is 6.04. The van der Waals surface area contributed by atoms with Crippen LogP contribution in [0.15, 0.2) is 36.5 Å². The molecule has 0 radical (unpaired) electrons. The first kappa shape index (κ1) is 9.79. The lowest BCUT2D eigenvalue weighted by Crippen LogP contribution is -1.85. The molecule has 0 saturated carbocycles. The molecular formula is C13H7ClN4. The number of hydrogen-bond donors (Lipinski definition) is 1. The quantitative estimate of drug-likeness (QED) is 0.524. The van der Waals surface area contributed by atoms with Crippen LogP contribution in [0, 0.1) is 0 Å². The average Bonchev–Trinajstić information content (AvgIpc) is 2.78. The van der Waals surface area contributed by atoms with Crippen LogP contribution in [0.4, 0.5) is 0 Å². The number of nitrogens with zero attached hydrogens (tertiary/aromatic N) is 3. The van der Waals surface area contributed by atoms with Crippen LogP contribution >= 0.6 is 11.6 Å². The van der Waals surface area contributed by atoms with E-state index in [9.17, 15) is 0 Å². The topological polar surface area (TPSA) is 54.5 Å². The van der Waals surface area contributed by atoms with Gasteiger partial charge in [-0.1, -0.05) is 11.6 Å². The molecule has 3 heterocycles. The molecule has 0 bridgehead atoms. The molecule has 0 amide bonds. The zero-order chi connectivity index (χ0) is 12.1. The van der Waals surface area contributed by atoms with Gasteiger partial charge >= 0.3 is 0 Å². The summed E-state index contributed by atoms with van der Waals surface area (Å²) in [6.07, 6.45) is 1.75. The Bertz CT molecular complexity index is 897. The minimum Gasteiger partial charge on any atom is -0.337 e. The van der Waals surface area contributed by atoms with Crippen LogP contribution in [-0.4, -0.2) is 20.2 Å². The third-order valence-electron chi connectivity index (χ3n) is 3.03. The maximum atomic E-state index is 6.04. The van der Waals surface area contributed by atoms with Crippen molar-refractivity contribution in [3.63, 3.8) is 0 Å². The molecule has 4 nitrogen and oxygen atoms in total. The summed E-state index contributed by atoms with van der Waals surface area (Å²) < 4.78 is 0. The third kappa shape index (κ3) is 1.23. The molecule has 1 N–H and O–H groups in total. The van der Waals surface area contributed by atoms with Crippen LogP contribution in [0.2, 0.25) is 5.02 Å². The largest absolute Gasteiger partial charge is 0.337 e. The van der Waals surface area contributed by atoms with Gasteiger partial charge in [-0.3, -0.25) is 0 Å². The van der Waals surface area contributed by atoms with E-state index in [1.54, 1.807) is 6.20 Å². The fraction of sp³-hybridized carbons (Fsp3) is 0. The van der Waals surface area contributed by atoms with Crippen molar-refractivity contribution in [2.45, 2.75) is 0 Å². The lowest BCUT2D eigenvalue weighted by Gasteiger charge is -1.98. The van der Waals surface area contributed by atoms with Crippen LogP contribution in [0.25, 0.3) is 33.0 Å². The van der Waals surface area contributed by atoms with Crippen molar-refractivity contribution >= 4 is 44.6 Å². The Morgan fingerprint density at radius 3 is 2.94 bits per heavy atom. The van der Waals surface area contributed by atoms with Crippen molar-refractivity contribution in [1.29, 1.82) is 0 Å². The van der Waals surface area contributed by atoms with E-state index in [-0.39, 0.29) is 0 Å². The molecule has 0 unspecified atom stereocenters.